The number of nitrogens with one attached hydrogen (secondary N) is 1. The molecule has 0 amide bonds. The zero-order valence-electron chi connectivity index (χ0n) is 12.2. The van der Waals surface area contributed by atoms with Gasteiger partial charge in [0.2, 0.25) is 5.89 Å². The number of benzene rings is 2. The van der Waals surface area contributed by atoms with E-state index in [1.807, 2.05) is 6.07 Å². The van der Waals surface area contributed by atoms with E-state index in [2.05, 4.69) is 10.3 Å². The molecule has 0 unspecified atom stereocenters. The van der Waals surface area contributed by atoms with Crippen molar-refractivity contribution in [2.45, 2.75) is 0 Å². The van der Waals surface area contributed by atoms with Crippen molar-refractivity contribution in [2.75, 3.05) is 5.32 Å². The molecule has 24 heavy (non-hydrogen) atoms. The first-order valence-electron chi connectivity index (χ1n) is 6.83. The predicted molar refractivity (Wildman–Crippen MR) is 89.6 cm³/mol. The van der Waals surface area contributed by atoms with Crippen LogP contribution in [-0.4, -0.2) is 16.1 Å². The second-order valence-corrected chi connectivity index (χ2v) is 5.26. The molecule has 6 nitrogen and oxygen atoms in total. The van der Waals surface area contributed by atoms with Gasteiger partial charge in [-0.05, 0) is 42.5 Å². The number of carboxylic acid groups (broad SMARTS) is 1. The van der Waals surface area contributed by atoms with Gasteiger partial charge in [0.25, 0.3) is 0 Å². The van der Waals surface area contributed by atoms with Crippen LogP contribution in [0.4, 0.5) is 5.69 Å². The summed E-state index contributed by atoms with van der Waals surface area (Å²) >= 11 is 5.90. The number of rotatable bonds is 4. The summed E-state index contributed by atoms with van der Waals surface area (Å²) < 4.78 is 5.54. The summed E-state index contributed by atoms with van der Waals surface area (Å²) in [5.74, 6) is -0.829. The SMILES string of the molecule is N#C/C(=C/Nc1ccc(C(=O)O)cc1)c1nc2cc(Cl)ccc2o1. The van der Waals surface area contributed by atoms with Crippen LogP contribution in [0.2, 0.25) is 5.02 Å². The van der Waals surface area contributed by atoms with Crippen LogP contribution in [0.3, 0.4) is 0 Å². The Morgan fingerprint density at radius 3 is 2.71 bits per heavy atom. The number of allylic oxidation sites excluding steroid dienone is 1. The Hall–Kier alpha value is -3.30. The molecule has 0 fully saturated rings. The van der Waals surface area contributed by atoms with E-state index in [0.717, 1.165) is 0 Å². The zero-order valence-corrected chi connectivity index (χ0v) is 12.9. The standard InChI is InChI=1S/C17H10ClN3O3/c18-12-3-6-15-14(7-12)21-16(24-15)11(8-19)9-20-13-4-1-10(2-5-13)17(22)23/h1-7,9,20H,(H,22,23)/b11-9-. The van der Waals surface area contributed by atoms with Crippen molar-refractivity contribution in [2.24, 2.45) is 0 Å². The summed E-state index contributed by atoms with van der Waals surface area (Å²) in [5, 5.41) is 21.6. The van der Waals surface area contributed by atoms with E-state index in [0.29, 0.717) is 21.8 Å². The van der Waals surface area contributed by atoms with Gasteiger partial charge in [0.15, 0.2) is 5.58 Å². The smallest absolute Gasteiger partial charge is 0.335 e. The molecule has 0 saturated heterocycles. The molecule has 3 aromatic rings. The Kier molecular flexibility index (Phi) is 4.18. The fourth-order valence-electron chi connectivity index (χ4n) is 2.02. The number of nitriles is 1. The van der Waals surface area contributed by atoms with Crippen molar-refractivity contribution in [3.8, 4) is 6.07 Å². The number of aromatic nitrogens is 1. The van der Waals surface area contributed by atoms with Gasteiger partial charge in [-0.15, -0.1) is 0 Å². The van der Waals surface area contributed by atoms with Gasteiger partial charge in [-0.1, -0.05) is 11.6 Å². The lowest BCUT2D eigenvalue weighted by Gasteiger charge is -2.01. The molecule has 1 heterocycles. The van der Waals surface area contributed by atoms with E-state index in [1.54, 1.807) is 30.3 Å². The van der Waals surface area contributed by atoms with E-state index >= 15 is 0 Å². The highest BCUT2D eigenvalue weighted by Crippen LogP contribution is 2.23. The van der Waals surface area contributed by atoms with Crippen LogP contribution >= 0.6 is 11.6 Å². The monoisotopic (exact) mass is 339 g/mol. The summed E-state index contributed by atoms with van der Waals surface area (Å²) in [6.45, 7) is 0. The quantitative estimate of drug-likeness (QED) is 0.692. The first-order valence-corrected chi connectivity index (χ1v) is 7.21. The Bertz CT molecular complexity index is 984. The van der Waals surface area contributed by atoms with Crippen LogP contribution in [0, 0.1) is 11.3 Å². The first-order chi connectivity index (χ1) is 11.6. The van der Waals surface area contributed by atoms with Crippen LogP contribution in [-0.2, 0) is 0 Å². The lowest BCUT2D eigenvalue weighted by Crippen LogP contribution is -1.96. The van der Waals surface area contributed by atoms with Crippen LogP contribution in [0.1, 0.15) is 16.2 Å². The van der Waals surface area contributed by atoms with Crippen molar-refractivity contribution in [1.29, 1.82) is 5.26 Å². The number of aromatic carboxylic acids is 1. The van der Waals surface area contributed by atoms with Gasteiger partial charge in [-0.25, -0.2) is 9.78 Å². The Labute approximate surface area is 141 Å². The molecule has 0 aliphatic heterocycles. The molecule has 1 aromatic heterocycles. The summed E-state index contributed by atoms with van der Waals surface area (Å²) in [4.78, 5) is 15.0. The second-order valence-electron chi connectivity index (χ2n) is 4.83. The summed E-state index contributed by atoms with van der Waals surface area (Å²) in [6.07, 6.45) is 1.45. The van der Waals surface area contributed by atoms with Gasteiger partial charge in [0.1, 0.15) is 17.2 Å². The van der Waals surface area contributed by atoms with Gasteiger partial charge >= 0.3 is 5.97 Å². The maximum atomic E-state index is 10.8. The normalized spacial score (nSPS) is 11.2. The molecular weight excluding hydrogens is 330 g/mol. The van der Waals surface area contributed by atoms with E-state index < -0.39 is 5.97 Å². The molecule has 0 radical (unpaired) electrons. The number of anilines is 1. The summed E-state index contributed by atoms with van der Waals surface area (Å²) in [5.41, 5.74) is 2.10. The first kappa shape index (κ1) is 15.6. The third-order valence-electron chi connectivity index (χ3n) is 3.22. The van der Waals surface area contributed by atoms with Crippen LogP contribution in [0.5, 0.6) is 0 Å². The minimum absolute atomic E-state index is 0.171. The number of nitrogens with zero attached hydrogens (tertiary/aromatic N) is 2. The molecule has 2 aromatic carbocycles. The van der Waals surface area contributed by atoms with E-state index in [4.69, 9.17) is 21.1 Å². The fraction of sp³-hybridized carbons (Fsp3) is 0. The molecule has 0 bridgehead atoms. The third-order valence-corrected chi connectivity index (χ3v) is 3.45. The Morgan fingerprint density at radius 1 is 1.29 bits per heavy atom. The fourth-order valence-corrected chi connectivity index (χ4v) is 2.19. The molecular formula is C17H10ClN3O3. The van der Waals surface area contributed by atoms with Crippen molar-refractivity contribution < 1.29 is 14.3 Å². The molecule has 3 rings (SSSR count). The lowest BCUT2D eigenvalue weighted by atomic mass is 10.2. The highest BCUT2D eigenvalue weighted by molar-refractivity contribution is 6.31. The summed E-state index contributed by atoms with van der Waals surface area (Å²) in [6, 6.07) is 13.1. The highest BCUT2D eigenvalue weighted by Gasteiger charge is 2.11. The zero-order chi connectivity index (χ0) is 17.1. The van der Waals surface area contributed by atoms with Crippen LogP contribution < -0.4 is 5.32 Å². The number of hydrogen-bond donors (Lipinski definition) is 2. The largest absolute Gasteiger partial charge is 0.478 e. The molecule has 0 aliphatic rings. The van der Waals surface area contributed by atoms with Gasteiger partial charge in [0, 0.05) is 16.9 Å². The third kappa shape index (κ3) is 3.21. The maximum Gasteiger partial charge on any atom is 0.335 e. The van der Waals surface area contributed by atoms with Gasteiger partial charge in [-0.2, -0.15) is 5.26 Å². The Morgan fingerprint density at radius 2 is 2.04 bits per heavy atom. The molecule has 7 heteroatoms. The average molecular weight is 340 g/mol. The number of carbonyl (C=O) groups is 1. The number of oxazole rings is 1. The van der Waals surface area contributed by atoms with Crippen LogP contribution in [0.15, 0.2) is 53.1 Å². The minimum atomic E-state index is -1.00. The highest BCUT2D eigenvalue weighted by atomic mass is 35.5. The van der Waals surface area contributed by atoms with Gasteiger partial charge in [-0.3, -0.25) is 0 Å². The van der Waals surface area contributed by atoms with Crippen molar-refractivity contribution >= 4 is 39.9 Å². The summed E-state index contributed by atoms with van der Waals surface area (Å²) in [7, 11) is 0. The van der Waals surface area contributed by atoms with Crippen molar-refractivity contribution in [3.05, 3.63) is 65.1 Å². The van der Waals surface area contributed by atoms with Gasteiger partial charge in [0.05, 0.1) is 5.56 Å². The lowest BCUT2D eigenvalue weighted by molar-refractivity contribution is 0.0697. The van der Waals surface area contributed by atoms with E-state index in [1.165, 1.54) is 18.3 Å². The van der Waals surface area contributed by atoms with Gasteiger partial charge < -0.3 is 14.8 Å². The predicted octanol–water partition coefficient (Wildman–Crippen LogP) is 4.16. The Balaban J connectivity index is 1.85. The molecule has 0 aliphatic carbocycles. The molecule has 0 spiro atoms. The number of carboxylic acids is 1. The molecule has 2 N–H and O–H groups in total. The topological polar surface area (TPSA) is 99.2 Å². The van der Waals surface area contributed by atoms with Crippen LogP contribution in [0.25, 0.3) is 16.7 Å². The second kappa shape index (κ2) is 6.44. The molecule has 0 atom stereocenters. The van der Waals surface area contributed by atoms with Crippen molar-refractivity contribution in [1.82, 2.24) is 4.98 Å². The maximum absolute atomic E-state index is 10.8. The van der Waals surface area contributed by atoms with Crippen molar-refractivity contribution in [3.63, 3.8) is 0 Å². The number of hydrogen-bond acceptors (Lipinski definition) is 5. The molecule has 118 valence electrons. The average Bonchev–Trinajstić information content (AvgIpc) is 2.98. The minimum Gasteiger partial charge on any atom is -0.478 e. The van der Waals surface area contributed by atoms with E-state index in [9.17, 15) is 10.1 Å². The van der Waals surface area contributed by atoms with E-state index in [-0.39, 0.29) is 17.0 Å². The number of halogens is 1. The molecule has 0 saturated carbocycles. The number of fused-ring (bicyclic) bond motifs is 1.